The van der Waals surface area contributed by atoms with Gasteiger partial charge < -0.3 is 10.1 Å². The van der Waals surface area contributed by atoms with Gasteiger partial charge >= 0.3 is 0 Å². The number of rotatable bonds is 5. The molecule has 0 bridgehead atoms. The van der Waals surface area contributed by atoms with Crippen LogP contribution in [0.25, 0.3) is 0 Å². The Kier molecular flexibility index (Phi) is 4.72. The fraction of sp³-hybridized carbons (Fsp3) is 0.583. The van der Waals surface area contributed by atoms with Crippen molar-refractivity contribution in [2.24, 2.45) is 0 Å². The van der Waals surface area contributed by atoms with Gasteiger partial charge in [-0.1, -0.05) is 13.0 Å². The summed E-state index contributed by atoms with van der Waals surface area (Å²) in [6.07, 6.45) is 3.09. The first-order valence-corrected chi connectivity index (χ1v) is 5.35. The molecular formula is C12H20N2O. The first-order chi connectivity index (χ1) is 7.22. The molecule has 1 rings (SSSR count). The van der Waals surface area contributed by atoms with Crippen LogP contribution < -0.4 is 5.32 Å². The molecule has 1 heterocycles. The number of likely N-dealkylation sites (N-methyl/N-ethyl adjacent to an activating group) is 1. The van der Waals surface area contributed by atoms with E-state index in [0.717, 1.165) is 12.1 Å². The molecule has 0 saturated carbocycles. The molecule has 15 heavy (non-hydrogen) atoms. The van der Waals surface area contributed by atoms with Crippen molar-refractivity contribution in [3.05, 3.63) is 29.6 Å². The van der Waals surface area contributed by atoms with Crippen LogP contribution >= 0.6 is 0 Å². The minimum atomic E-state index is 0.194. The van der Waals surface area contributed by atoms with Crippen LogP contribution in [0.4, 0.5) is 0 Å². The number of aryl methyl sites for hydroxylation is 1. The van der Waals surface area contributed by atoms with Crippen LogP contribution in [0.5, 0.6) is 0 Å². The Morgan fingerprint density at radius 2 is 2.20 bits per heavy atom. The van der Waals surface area contributed by atoms with Gasteiger partial charge in [0.15, 0.2) is 0 Å². The predicted octanol–water partition coefficient (Wildman–Crippen LogP) is 2.08. The lowest BCUT2D eigenvalue weighted by Crippen LogP contribution is -2.30. The quantitative estimate of drug-likeness (QED) is 0.804. The zero-order chi connectivity index (χ0) is 11.3. The summed E-state index contributed by atoms with van der Waals surface area (Å²) in [4.78, 5) is 4.30. The molecule has 0 aliphatic heterocycles. The molecule has 0 fully saturated rings. The molecule has 2 atom stereocenters. The maximum atomic E-state index is 5.45. The number of ether oxygens (including phenoxy) is 1. The molecule has 2 unspecified atom stereocenters. The van der Waals surface area contributed by atoms with Crippen molar-refractivity contribution in [3.63, 3.8) is 0 Å². The summed E-state index contributed by atoms with van der Waals surface area (Å²) in [7, 11) is 3.70. The molecule has 1 aromatic rings. The maximum absolute atomic E-state index is 5.45. The molecule has 0 saturated heterocycles. The van der Waals surface area contributed by atoms with E-state index in [1.54, 1.807) is 7.11 Å². The number of aromatic nitrogens is 1. The Balaban J connectivity index is 2.86. The highest BCUT2D eigenvalue weighted by Gasteiger charge is 2.19. The molecule has 1 aromatic heterocycles. The molecule has 3 heteroatoms. The van der Waals surface area contributed by atoms with Gasteiger partial charge in [0.05, 0.1) is 12.1 Å². The molecule has 0 spiro atoms. The lowest BCUT2D eigenvalue weighted by molar-refractivity contribution is 0.0674. The number of nitrogens with one attached hydrogen (secondary N) is 1. The lowest BCUT2D eigenvalue weighted by Gasteiger charge is -2.24. The number of pyridine rings is 1. The maximum Gasteiger partial charge on any atom is 0.0763 e. The zero-order valence-corrected chi connectivity index (χ0v) is 9.95. The molecule has 3 nitrogen and oxygen atoms in total. The van der Waals surface area contributed by atoms with Gasteiger partial charge in [-0.25, -0.2) is 0 Å². The van der Waals surface area contributed by atoms with E-state index in [0.29, 0.717) is 0 Å². The Bertz CT molecular complexity index is 280. The van der Waals surface area contributed by atoms with Gasteiger partial charge in [0.25, 0.3) is 0 Å². The molecule has 0 amide bonds. The summed E-state index contributed by atoms with van der Waals surface area (Å²) in [5, 5.41) is 3.27. The van der Waals surface area contributed by atoms with Crippen molar-refractivity contribution in [1.82, 2.24) is 10.3 Å². The minimum Gasteiger partial charge on any atom is -0.379 e. The Morgan fingerprint density at radius 3 is 2.60 bits per heavy atom. The lowest BCUT2D eigenvalue weighted by atomic mass is 10.0. The zero-order valence-electron chi connectivity index (χ0n) is 9.95. The monoisotopic (exact) mass is 208 g/mol. The van der Waals surface area contributed by atoms with E-state index in [-0.39, 0.29) is 12.1 Å². The molecule has 0 aliphatic carbocycles. The summed E-state index contributed by atoms with van der Waals surface area (Å²) in [6, 6.07) is 4.35. The Morgan fingerprint density at radius 1 is 1.47 bits per heavy atom. The SMILES string of the molecule is CCC(OC)C(NC)c1ccc(C)nc1. The molecule has 84 valence electrons. The van der Waals surface area contributed by atoms with Gasteiger partial charge in [-0.3, -0.25) is 4.98 Å². The van der Waals surface area contributed by atoms with Gasteiger partial charge in [-0.15, -0.1) is 0 Å². The van der Waals surface area contributed by atoms with Gasteiger partial charge in [-0.05, 0) is 32.0 Å². The van der Waals surface area contributed by atoms with Crippen molar-refractivity contribution in [1.29, 1.82) is 0 Å². The van der Waals surface area contributed by atoms with Gasteiger partial charge in [-0.2, -0.15) is 0 Å². The number of nitrogens with zero attached hydrogens (tertiary/aromatic N) is 1. The van der Waals surface area contributed by atoms with E-state index < -0.39 is 0 Å². The van der Waals surface area contributed by atoms with Crippen molar-refractivity contribution in [2.45, 2.75) is 32.4 Å². The molecule has 0 radical (unpaired) electrons. The van der Waals surface area contributed by atoms with Crippen molar-refractivity contribution in [3.8, 4) is 0 Å². The normalized spacial score (nSPS) is 14.9. The highest BCUT2D eigenvalue weighted by atomic mass is 16.5. The summed E-state index contributed by atoms with van der Waals surface area (Å²) in [5.74, 6) is 0. The third kappa shape index (κ3) is 3.01. The summed E-state index contributed by atoms with van der Waals surface area (Å²) < 4.78 is 5.45. The van der Waals surface area contributed by atoms with E-state index in [4.69, 9.17) is 4.74 Å². The van der Waals surface area contributed by atoms with E-state index >= 15 is 0 Å². The van der Waals surface area contributed by atoms with Gasteiger partial charge in [0.2, 0.25) is 0 Å². The van der Waals surface area contributed by atoms with Crippen LogP contribution in [0.2, 0.25) is 0 Å². The fourth-order valence-electron chi connectivity index (χ4n) is 1.77. The van der Waals surface area contributed by atoms with Crippen LogP contribution in [0, 0.1) is 6.92 Å². The van der Waals surface area contributed by atoms with Crippen molar-refractivity contribution >= 4 is 0 Å². The molecular weight excluding hydrogens is 188 g/mol. The van der Waals surface area contributed by atoms with E-state index in [9.17, 15) is 0 Å². The Hall–Kier alpha value is -0.930. The summed E-state index contributed by atoms with van der Waals surface area (Å²) in [6.45, 7) is 4.12. The van der Waals surface area contributed by atoms with E-state index in [2.05, 4.69) is 23.3 Å². The third-order valence-corrected chi connectivity index (χ3v) is 2.68. The standard InChI is InChI=1S/C12H20N2O/c1-5-11(15-4)12(13-3)10-7-6-9(2)14-8-10/h6-8,11-13H,5H2,1-4H3. The number of hydrogen-bond donors (Lipinski definition) is 1. The van der Waals surface area contributed by atoms with Crippen LogP contribution in [-0.2, 0) is 4.74 Å². The second kappa shape index (κ2) is 5.83. The molecule has 0 aromatic carbocycles. The second-order valence-electron chi connectivity index (χ2n) is 3.68. The first kappa shape index (κ1) is 12.1. The second-order valence-corrected chi connectivity index (χ2v) is 3.68. The topological polar surface area (TPSA) is 34.1 Å². The average molecular weight is 208 g/mol. The van der Waals surface area contributed by atoms with Crippen LogP contribution in [0.1, 0.15) is 30.6 Å². The van der Waals surface area contributed by atoms with Crippen LogP contribution in [-0.4, -0.2) is 25.2 Å². The first-order valence-electron chi connectivity index (χ1n) is 5.35. The highest BCUT2D eigenvalue weighted by Crippen LogP contribution is 2.20. The van der Waals surface area contributed by atoms with Crippen molar-refractivity contribution < 1.29 is 4.74 Å². The van der Waals surface area contributed by atoms with Crippen LogP contribution in [0.15, 0.2) is 18.3 Å². The minimum absolute atomic E-state index is 0.194. The third-order valence-electron chi connectivity index (χ3n) is 2.68. The van der Waals surface area contributed by atoms with Gasteiger partial charge in [0, 0.05) is 19.0 Å². The largest absolute Gasteiger partial charge is 0.379 e. The number of methoxy groups -OCH3 is 1. The van der Waals surface area contributed by atoms with Crippen molar-refractivity contribution in [2.75, 3.05) is 14.2 Å². The molecule has 0 aliphatic rings. The fourth-order valence-corrected chi connectivity index (χ4v) is 1.77. The van der Waals surface area contributed by atoms with Gasteiger partial charge in [0.1, 0.15) is 0 Å². The van der Waals surface area contributed by atoms with E-state index in [1.165, 1.54) is 5.56 Å². The molecule has 1 N–H and O–H groups in total. The smallest absolute Gasteiger partial charge is 0.0763 e. The summed E-state index contributed by atoms with van der Waals surface area (Å²) >= 11 is 0. The van der Waals surface area contributed by atoms with Crippen LogP contribution in [0.3, 0.4) is 0 Å². The summed E-state index contributed by atoms with van der Waals surface area (Å²) in [5.41, 5.74) is 2.22. The predicted molar refractivity (Wildman–Crippen MR) is 61.9 cm³/mol. The Labute approximate surface area is 91.9 Å². The number of hydrogen-bond acceptors (Lipinski definition) is 3. The van der Waals surface area contributed by atoms with E-state index in [1.807, 2.05) is 26.2 Å². The average Bonchev–Trinajstić information content (AvgIpc) is 2.27. The highest BCUT2D eigenvalue weighted by molar-refractivity contribution is 5.18.